The molecule has 6 heteroatoms. The number of allylic oxidation sites excluding steroid dienone is 2. The molecule has 0 fully saturated rings. The molecule has 0 bridgehead atoms. The second-order valence-corrected chi connectivity index (χ2v) is 8.41. The molecule has 0 spiro atoms. The van der Waals surface area contributed by atoms with Crippen LogP contribution in [-0.2, 0) is 0 Å². The Morgan fingerprint density at radius 2 is 1.92 bits per heavy atom. The fraction of sp³-hybridized carbons (Fsp3) is 0.290. The van der Waals surface area contributed by atoms with Gasteiger partial charge < -0.3 is 15.8 Å². The third-order valence-electron chi connectivity index (χ3n) is 6.02. The largest absolute Gasteiger partial charge is 0.506 e. The number of aromatic hydroxyl groups is 1. The monoisotopic (exact) mass is 498 g/mol. The highest BCUT2D eigenvalue weighted by atomic mass is 16.3. The van der Waals surface area contributed by atoms with Crippen LogP contribution in [0.25, 0.3) is 28.3 Å². The molecule has 4 aromatic rings. The van der Waals surface area contributed by atoms with Crippen LogP contribution >= 0.6 is 0 Å². The number of aromatic amines is 1. The number of carbonyl (C=O) groups is 1. The van der Waals surface area contributed by atoms with Gasteiger partial charge in [0.05, 0.1) is 16.4 Å². The van der Waals surface area contributed by atoms with E-state index in [4.69, 9.17) is 0 Å². The SMILES string of the molecule is C/C=C(\C)C#Cc1ccccn1.CC/C=c1\c(C=O)c2[nH]c3c(O)ccc(C)c3n2c1=C(C)CC.CN. The maximum atomic E-state index is 11.8. The molecule has 6 nitrogen and oxygen atoms in total. The van der Waals surface area contributed by atoms with Crippen LogP contribution in [0.15, 0.2) is 48.2 Å². The first-order chi connectivity index (χ1) is 17.9. The Balaban J connectivity index is 0.000000291. The van der Waals surface area contributed by atoms with Gasteiger partial charge in [-0.15, -0.1) is 0 Å². The predicted molar refractivity (Wildman–Crippen MR) is 155 cm³/mol. The number of aromatic nitrogens is 3. The van der Waals surface area contributed by atoms with Gasteiger partial charge in [0.2, 0.25) is 0 Å². The van der Waals surface area contributed by atoms with Crippen LogP contribution in [-0.4, -0.2) is 32.8 Å². The zero-order valence-electron chi connectivity index (χ0n) is 22.9. The molecule has 0 saturated heterocycles. The summed E-state index contributed by atoms with van der Waals surface area (Å²) in [4.78, 5) is 19.1. The second kappa shape index (κ2) is 13.9. The quantitative estimate of drug-likeness (QED) is 0.274. The van der Waals surface area contributed by atoms with Gasteiger partial charge in [0, 0.05) is 11.4 Å². The summed E-state index contributed by atoms with van der Waals surface area (Å²) in [7, 11) is 1.50. The molecule has 37 heavy (non-hydrogen) atoms. The summed E-state index contributed by atoms with van der Waals surface area (Å²) in [5.41, 5.74) is 11.7. The molecule has 0 atom stereocenters. The van der Waals surface area contributed by atoms with Crippen LogP contribution in [0.1, 0.15) is 69.1 Å². The van der Waals surface area contributed by atoms with Crippen LogP contribution in [0, 0.1) is 18.8 Å². The number of phenolic OH excluding ortho intramolecular Hbond substituents is 1. The van der Waals surface area contributed by atoms with Crippen molar-refractivity contribution in [3.63, 3.8) is 0 Å². The van der Waals surface area contributed by atoms with E-state index in [9.17, 15) is 9.90 Å². The number of nitrogens with one attached hydrogen (secondary N) is 1. The number of aryl methyl sites for hydroxylation is 1. The van der Waals surface area contributed by atoms with Crippen molar-refractivity contribution in [1.29, 1.82) is 0 Å². The molecule has 194 valence electrons. The van der Waals surface area contributed by atoms with E-state index in [-0.39, 0.29) is 5.75 Å². The van der Waals surface area contributed by atoms with E-state index >= 15 is 0 Å². The van der Waals surface area contributed by atoms with Crippen molar-refractivity contribution in [3.8, 4) is 17.6 Å². The lowest BCUT2D eigenvalue weighted by Crippen LogP contribution is -2.29. The van der Waals surface area contributed by atoms with E-state index < -0.39 is 0 Å². The van der Waals surface area contributed by atoms with Gasteiger partial charge in [-0.3, -0.25) is 9.20 Å². The molecule has 0 saturated carbocycles. The third kappa shape index (κ3) is 6.38. The fourth-order valence-electron chi connectivity index (χ4n) is 3.96. The lowest BCUT2D eigenvalue weighted by atomic mass is 10.1. The number of nitrogens with zero attached hydrogens (tertiary/aromatic N) is 2. The number of benzene rings is 1. The summed E-state index contributed by atoms with van der Waals surface area (Å²) < 4.78 is 2.09. The number of nitrogens with two attached hydrogens (primary N) is 1. The number of carbonyl (C=O) groups excluding carboxylic acids is 1. The number of H-pyrrole nitrogens is 1. The number of rotatable bonds is 3. The molecule has 0 aliphatic rings. The second-order valence-electron chi connectivity index (χ2n) is 8.41. The van der Waals surface area contributed by atoms with Crippen LogP contribution in [0.4, 0.5) is 0 Å². The summed E-state index contributed by atoms with van der Waals surface area (Å²) in [6, 6.07) is 9.30. The first-order valence-electron chi connectivity index (χ1n) is 12.5. The summed E-state index contributed by atoms with van der Waals surface area (Å²) >= 11 is 0. The van der Waals surface area contributed by atoms with Crippen molar-refractivity contribution >= 4 is 34.6 Å². The molecule has 0 unspecified atom stereocenters. The molecular weight excluding hydrogens is 460 g/mol. The number of hydrogen-bond donors (Lipinski definition) is 3. The number of imidazole rings is 1. The maximum Gasteiger partial charge on any atom is 0.154 e. The smallest absolute Gasteiger partial charge is 0.154 e. The zero-order valence-corrected chi connectivity index (χ0v) is 22.9. The third-order valence-corrected chi connectivity index (χ3v) is 6.02. The highest BCUT2D eigenvalue weighted by molar-refractivity contribution is 5.95. The van der Waals surface area contributed by atoms with E-state index in [1.807, 2.05) is 51.1 Å². The molecule has 3 heterocycles. The van der Waals surface area contributed by atoms with Crippen molar-refractivity contribution < 1.29 is 9.90 Å². The van der Waals surface area contributed by atoms with Crippen LogP contribution in [0.5, 0.6) is 5.75 Å². The van der Waals surface area contributed by atoms with Gasteiger partial charge in [0.15, 0.2) is 6.29 Å². The summed E-state index contributed by atoms with van der Waals surface area (Å²) in [6.45, 7) is 12.3. The Bertz CT molecular complexity index is 1580. The molecule has 0 radical (unpaired) electrons. The van der Waals surface area contributed by atoms with Gasteiger partial charge in [-0.2, -0.15) is 0 Å². The summed E-state index contributed by atoms with van der Waals surface area (Å²) in [6.07, 6.45) is 8.50. The molecular formula is C31H38N4O2. The fourth-order valence-corrected chi connectivity index (χ4v) is 3.96. The minimum absolute atomic E-state index is 0.201. The average Bonchev–Trinajstić information content (AvgIpc) is 3.46. The highest BCUT2D eigenvalue weighted by Crippen LogP contribution is 2.27. The molecule has 4 rings (SSSR count). The zero-order chi connectivity index (χ0) is 27.5. The number of phenols is 1. The normalized spacial score (nSPS) is 12.2. The van der Waals surface area contributed by atoms with Crippen LogP contribution in [0.3, 0.4) is 0 Å². The van der Waals surface area contributed by atoms with Gasteiger partial charge in [-0.1, -0.05) is 44.1 Å². The molecule has 0 aliphatic heterocycles. The lowest BCUT2D eigenvalue weighted by molar-refractivity contribution is 0.112. The van der Waals surface area contributed by atoms with Crippen molar-refractivity contribution in [3.05, 3.63) is 75.6 Å². The summed E-state index contributed by atoms with van der Waals surface area (Å²) in [5.74, 6) is 6.16. The maximum absolute atomic E-state index is 11.8. The predicted octanol–water partition coefficient (Wildman–Crippen LogP) is 4.99. The standard InChI is InChI=1S/C19H22N2O2.C11H11N.CH5N/c1-5-7-13-14(10-22)19-20-16-15(23)9-8-12(4)18(16)21(19)17(13)11(3)6-2;1-3-10(2)7-8-11-6-4-5-9-12-11;1-2/h7-10,20,23H,5-6H2,1-4H3;3-6,9H,1-2H3;2H2,1H3/b13-7+,17-11?;10-3+;. The molecule has 4 N–H and O–H groups in total. The van der Waals surface area contributed by atoms with Gasteiger partial charge >= 0.3 is 0 Å². The van der Waals surface area contributed by atoms with Crippen molar-refractivity contribution in [2.45, 2.75) is 54.4 Å². The topological polar surface area (TPSA) is 96.4 Å². The molecule has 0 aliphatic carbocycles. The Morgan fingerprint density at radius 1 is 1.19 bits per heavy atom. The first-order valence-corrected chi connectivity index (χ1v) is 12.5. The Labute approximate surface area is 219 Å². The number of pyridine rings is 1. The van der Waals surface area contributed by atoms with Crippen molar-refractivity contribution in [1.82, 2.24) is 14.4 Å². The number of hydrogen-bond acceptors (Lipinski definition) is 4. The highest BCUT2D eigenvalue weighted by Gasteiger charge is 2.17. The van der Waals surface area contributed by atoms with E-state index in [0.717, 1.165) is 57.7 Å². The van der Waals surface area contributed by atoms with Gasteiger partial charge in [0.1, 0.15) is 22.6 Å². The van der Waals surface area contributed by atoms with E-state index in [1.54, 1.807) is 12.3 Å². The van der Waals surface area contributed by atoms with Crippen molar-refractivity contribution in [2.24, 2.45) is 5.73 Å². The first kappa shape index (κ1) is 29.2. The molecule has 0 amide bonds. The Hall–Kier alpha value is -4.08. The minimum Gasteiger partial charge on any atom is -0.506 e. The average molecular weight is 499 g/mol. The summed E-state index contributed by atoms with van der Waals surface area (Å²) in [5, 5.41) is 12.2. The Kier molecular flexibility index (Phi) is 10.9. The Morgan fingerprint density at radius 3 is 2.49 bits per heavy atom. The molecule has 1 aromatic carbocycles. The van der Waals surface area contributed by atoms with Crippen LogP contribution < -0.4 is 16.3 Å². The lowest BCUT2D eigenvalue weighted by Gasteiger charge is -2.02. The van der Waals surface area contributed by atoms with Gasteiger partial charge in [-0.25, -0.2) is 4.98 Å². The van der Waals surface area contributed by atoms with Gasteiger partial charge in [-0.05, 0) is 88.4 Å². The number of fused-ring (bicyclic) bond motifs is 3. The minimum atomic E-state index is 0.201. The van der Waals surface area contributed by atoms with Crippen molar-refractivity contribution in [2.75, 3.05) is 7.05 Å². The van der Waals surface area contributed by atoms with E-state index in [0.29, 0.717) is 11.1 Å². The van der Waals surface area contributed by atoms with E-state index in [2.05, 4.69) is 58.8 Å². The molecule has 3 aromatic heterocycles. The van der Waals surface area contributed by atoms with Gasteiger partial charge in [0.25, 0.3) is 0 Å². The van der Waals surface area contributed by atoms with E-state index in [1.165, 1.54) is 12.6 Å². The number of aldehydes is 1. The van der Waals surface area contributed by atoms with Crippen LogP contribution in [0.2, 0.25) is 0 Å².